The maximum atomic E-state index is 9.75. The lowest BCUT2D eigenvalue weighted by Crippen LogP contribution is -1.95. The topological polar surface area (TPSA) is 62.6 Å². The second-order valence-electron chi connectivity index (χ2n) is 3.61. The first-order valence-electron chi connectivity index (χ1n) is 4.93. The molecule has 2 aromatic rings. The second kappa shape index (κ2) is 3.98. The van der Waals surface area contributed by atoms with E-state index in [1.54, 1.807) is 12.3 Å². The Labute approximate surface area is 93.1 Å². The van der Waals surface area contributed by atoms with E-state index < -0.39 is 0 Å². The molecule has 0 amide bonds. The molecule has 4 heteroatoms. The van der Waals surface area contributed by atoms with Crippen LogP contribution in [0.1, 0.15) is 11.3 Å². The van der Waals surface area contributed by atoms with Crippen LogP contribution in [0.25, 0.3) is 10.8 Å². The number of ether oxygens (including phenoxy) is 1. The molecular formula is C12H13NO3. The first-order chi connectivity index (χ1) is 7.67. The number of fused-ring (bicyclic) bond motifs is 1. The highest BCUT2D eigenvalue weighted by molar-refractivity contribution is 5.91. The van der Waals surface area contributed by atoms with Gasteiger partial charge < -0.3 is 14.9 Å². The van der Waals surface area contributed by atoms with Crippen molar-refractivity contribution >= 4 is 10.8 Å². The molecule has 1 aromatic heterocycles. The van der Waals surface area contributed by atoms with Crippen molar-refractivity contribution in [3.8, 4) is 11.5 Å². The Morgan fingerprint density at radius 1 is 1.38 bits per heavy atom. The first-order valence-corrected chi connectivity index (χ1v) is 4.93. The summed E-state index contributed by atoms with van der Waals surface area (Å²) in [6.45, 7) is 1.61. The average Bonchev–Trinajstić information content (AvgIpc) is 2.26. The average molecular weight is 219 g/mol. The van der Waals surface area contributed by atoms with Crippen LogP contribution < -0.4 is 4.74 Å². The fraction of sp³-hybridized carbons (Fsp3) is 0.250. The normalized spacial score (nSPS) is 10.7. The SMILES string of the molecule is COc1c(CO)c(O)cc2cc(C)ncc12. The van der Waals surface area contributed by atoms with Gasteiger partial charge in [0.2, 0.25) is 0 Å². The van der Waals surface area contributed by atoms with Crippen molar-refractivity contribution in [2.24, 2.45) is 0 Å². The zero-order chi connectivity index (χ0) is 11.7. The Morgan fingerprint density at radius 3 is 2.75 bits per heavy atom. The van der Waals surface area contributed by atoms with Crippen molar-refractivity contribution in [2.45, 2.75) is 13.5 Å². The minimum absolute atomic E-state index is 0.0393. The minimum atomic E-state index is -0.265. The molecule has 0 saturated heterocycles. The van der Waals surface area contributed by atoms with E-state index in [4.69, 9.17) is 4.74 Å². The summed E-state index contributed by atoms with van der Waals surface area (Å²) in [7, 11) is 1.51. The number of aromatic hydroxyl groups is 1. The standard InChI is InChI=1S/C12H13NO3/c1-7-3-8-4-11(15)10(6-14)12(16-2)9(8)5-13-7/h3-5,14-15H,6H2,1-2H3. The van der Waals surface area contributed by atoms with Crippen LogP contribution in [0, 0.1) is 6.92 Å². The lowest BCUT2D eigenvalue weighted by molar-refractivity contribution is 0.267. The van der Waals surface area contributed by atoms with Crippen LogP contribution >= 0.6 is 0 Å². The summed E-state index contributed by atoms with van der Waals surface area (Å²) >= 11 is 0. The Kier molecular flexibility index (Phi) is 2.66. The van der Waals surface area contributed by atoms with Gasteiger partial charge in [0.1, 0.15) is 11.5 Å². The van der Waals surface area contributed by atoms with Crippen molar-refractivity contribution in [1.82, 2.24) is 4.98 Å². The van der Waals surface area contributed by atoms with Crippen LogP contribution in [0.15, 0.2) is 18.3 Å². The zero-order valence-electron chi connectivity index (χ0n) is 9.19. The fourth-order valence-electron chi connectivity index (χ4n) is 1.79. The fourth-order valence-corrected chi connectivity index (χ4v) is 1.79. The third kappa shape index (κ3) is 1.57. The molecule has 0 saturated carbocycles. The summed E-state index contributed by atoms with van der Waals surface area (Å²) < 4.78 is 5.21. The van der Waals surface area contributed by atoms with Gasteiger partial charge >= 0.3 is 0 Å². The number of methoxy groups -OCH3 is 1. The number of aryl methyl sites for hydroxylation is 1. The van der Waals surface area contributed by atoms with E-state index in [0.717, 1.165) is 16.5 Å². The molecule has 0 aliphatic carbocycles. The molecule has 2 rings (SSSR count). The van der Waals surface area contributed by atoms with Gasteiger partial charge in [-0.1, -0.05) is 0 Å². The molecule has 0 fully saturated rings. The maximum absolute atomic E-state index is 9.75. The van der Waals surface area contributed by atoms with Crippen molar-refractivity contribution in [3.05, 3.63) is 29.6 Å². The van der Waals surface area contributed by atoms with Gasteiger partial charge in [0.05, 0.1) is 19.3 Å². The summed E-state index contributed by atoms with van der Waals surface area (Å²) in [5.74, 6) is 0.516. The molecule has 0 unspecified atom stereocenters. The number of aliphatic hydroxyl groups is 1. The Morgan fingerprint density at radius 2 is 2.12 bits per heavy atom. The number of hydrogen-bond donors (Lipinski definition) is 2. The van der Waals surface area contributed by atoms with Crippen LogP contribution in [0.5, 0.6) is 11.5 Å². The molecule has 16 heavy (non-hydrogen) atoms. The highest BCUT2D eigenvalue weighted by atomic mass is 16.5. The van der Waals surface area contributed by atoms with E-state index in [2.05, 4.69) is 4.98 Å². The summed E-state index contributed by atoms with van der Waals surface area (Å²) in [5, 5.41) is 20.6. The Hall–Kier alpha value is -1.81. The number of pyridine rings is 1. The zero-order valence-corrected chi connectivity index (χ0v) is 9.19. The van der Waals surface area contributed by atoms with Gasteiger partial charge in [-0.2, -0.15) is 0 Å². The molecule has 0 bridgehead atoms. The Balaban J connectivity index is 2.84. The van der Waals surface area contributed by atoms with Gasteiger partial charge in [-0.05, 0) is 24.4 Å². The number of rotatable bonds is 2. The van der Waals surface area contributed by atoms with Gasteiger partial charge in [-0.3, -0.25) is 4.98 Å². The molecule has 84 valence electrons. The lowest BCUT2D eigenvalue weighted by atomic mass is 10.1. The lowest BCUT2D eigenvalue weighted by Gasteiger charge is -2.12. The van der Waals surface area contributed by atoms with Crippen molar-refractivity contribution in [2.75, 3.05) is 7.11 Å². The third-order valence-corrected chi connectivity index (χ3v) is 2.56. The quantitative estimate of drug-likeness (QED) is 0.807. The van der Waals surface area contributed by atoms with Crippen LogP contribution in [-0.2, 0) is 6.61 Å². The van der Waals surface area contributed by atoms with Crippen molar-refractivity contribution < 1.29 is 14.9 Å². The number of hydrogen-bond acceptors (Lipinski definition) is 4. The van der Waals surface area contributed by atoms with E-state index >= 15 is 0 Å². The largest absolute Gasteiger partial charge is 0.507 e. The van der Waals surface area contributed by atoms with Crippen LogP contribution in [0.4, 0.5) is 0 Å². The van der Waals surface area contributed by atoms with Crippen LogP contribution in [0.2, 0.25) is 0 Å². The predicted molar refractivity (Wildman–Crippen MR) is 60.6 cm³/mol. The predicted octanol–water partition coefficient (Wildman–Crippen LogP) is 1.75. The maximum Gasteiger partial charge on any atom is 0.137 e. The molecule has 0 aliphatic heterocycles. The van der Waals surface area contributed by atoms with Gasteiger partial charge in [0.15, 0.2) is 0 Å². The molecule has 0 spiro atoms. The smallest absolute Gasteiger partial charge is 0.137 e. The van der Waals surface area contributed by atoms with Gasteiger partial charge in [0.25, 0.3) is 0 Å². The summed E-state index contributed by atoms with van der Waals surface area (Å²) in [4.78, 5) is 4.18. The highest BCUT2D eigenvalue weighted by Gasteiger charge is 2.13. The van der Waals surface area contributed by atoms with Gasteiger partial charge in [-0.25, -0.2) is 0 Å². The van der Waals surface area contributed by atoms with E-state index in [9.17, 15) is 10.2 Å². The van der Waals surface area contributed by atoms with Crippen molar-refractivity contribution in [3.63, 3.8) is 0 Å². The Bertz CT molecular complexity index is 537. The van der Waals surface area contributed by atoms with E-state index in [1.165, 1.54) is 7.11 Å². The van der Waals surface area contributed by atoms with Crippen molar-refractivity contribution in [1.29, 1.82) is 0 Å². The molecule has 4 nitrogen and oxygen atoms in total. The number of benzene rings is 1. The minimum Gasteiger partial charge on any atom is -0.507 e. The molecular weight excluding hydrogens is 206 g/mol. The van der Waals surface area contributed by atoms with Gasteiger partial charge in [0, 0.05) is 17.3 Å². The molecule has 1 heterocycles. The van der Waals surface area contributed by atoms with E-state index in [0.29, 0.717) is 11.3 Å². The van der Waals surface area contributed by atoms with E-state index in [-0.39, 0.29) is 12.4 Å². The monoisotopic (exact) mass is 219 g/mol. The van der Waals surface area contributed by atoms with Crippen LogP contribution in [0.3, 0.4) is 0 Å². The summed E-state index contributed by atoms with van der Waals surface area (Å²) in [6.07, 6.45) is 1.68. The first kappa shape index (κ1) is 10.7. The molecule has 0 atom stereocenters. The summed E-state index contributed by atoms with van der Waals surface area (Å²) in [5.41, 5.74) is 1.26. The number of aliphatic hydroxyl groups excluding tert-OH is 1. The van der Waals surface area contributed by atoms with E-state index in [1.807, 2.05) is 13.0 Å². The van der Waals surface area contributed by atoms with Crippen LogP contribution in [-0.4, -0.2) is 22.3 Å². The molecule has 0 aliphatic rings. The summed E-state index contributed by atoms with van der Waals surface area (Å²) in [6, 6.07) is 3.47. The molecule has 0 radical (unpaired) electrons. The number of aromatic nitrogens is 1. The molecule has 1 aromatic carbocycles. The number of phenols is 1. The second-order valence-corrected chi connectivity index (χ2v) is 3.61. The third-order valence-electron chi connectivity index (χ3n) is 2.56. The number of nitrogens with zero attached hydrogens (tertiary/aromatic N) is 1. The van der Waals surface area contributed by atoms with Gasteiger partial charge in [-0.15, -0.1) is 0 Å². The highest BCUT2D eigenvalue weighted by Crippen LogP contribution is 2.36. The molecule has 2 N–H and O–H groups in total.